The van der Waals surface area contributed by atoms with Crippen molar-refractivity contribution in [3.8, 4) is 11.5 Å². The Morgan fingerprint density at radius 2 is 1.76 bits per heavy atom. The maximum Gasteiger partial charge on any atom is 0.160 e. The smallest absolute Gasteiger partial charge is 0.160 e. The number of rotatable bonds is 6. The topological polar surface area (TPSA) is 18.5 Å². The lowest BCUT2D eigenvalue weighted by atomic mass is 10.0. The van der Waals surface area contributed by atoms with E-state index in [0.717, 1.165) is 17.9 Å². The molecule has 0 aliphatic heterocycles. The van der Waals surface area contributed by atoms with E-state index in [9.17, 15) is 0 Å². The van der Waals surface area contributed by atoms with Gasteiger partial charge in [-0.1, -0.05) is 40.2 Å². The summed E-state index contributed by atoms with van der Waals surface area (Å²) in [4.78, 5) is 1.58. The highest BCUT2D eigenvalue weighted by Gasteiger charge is 2.13. The molecule has 2 aromatic rings. The van der Waals surface area contributed by atoms with Crippen LogP contribution in [-0.2, 0) is 6.42 Å². The minimum atomic E-state index is 0.277. The first-order chi connectivity index (χ1) is 10.2. The van der Waals surface area contributed by atoms with Gasteiger partial charge in [0.05, 0.1) is 14.2 Å². The van der Waals surface area contributed by atoms with Crippen LogP contribution in [0.4, 0.5) is 0 Å². The molecule has 21 heavy (non-hydrogen) atoms. The Hall–Kier alpha value is -1.13. The van der Waals surface area contributed by atoms with E-state index in [4.69, 9.17) is 9.47 Å². The summed E-state index contributed by atoms with van der Waals surface area (Å²) in [6, 6.07) is 14.6. The molecule has 1 unspecified atom stereocenters. The zero-order chi connectivity index (χ0) is 15.2. The summed E-state index contributed by atoms with van der Waals surface area (Å²) < 4.78 is 10.6. The van der Waals surface area contributed by atoms with Crippen LogP contribution in [0.2, 0.25) is 0 Å². The maximum atomic E-state index is 5.36. The average molecular weight is 367 g/mol. The molecule has 0 spiro atoms. The highest BCUT2D eigenvalue weighted by molar-refractivity contribution is 9.09. The van der Waals surface area contributed by atoms with Gasteiger partial charge in [0.2, 0.25) is 0 Å². The predicted molar refractivity (Wildman–Crippen MR) is 93.1 cm³/mol. The van der Waals surface area contributed by atoms with Crippen LogP contribution in [0.3, 0.4) is 0 Å². The van der Waals surface area contributed by atoms with Crippen molar-refractivity contribution in [1.29, 1.82) is 0 Å². The number of thioether (sulfide) groups is 1. The van der Waals surface area contributed by atoms with Gasteiger partial charge in [0.25, 0.3) is 0 Å². The van der Waals surface area contributed by atoms with Gasteiger partial charge in [-0.15, -0.1) is 11.8 Å². The third kappa shape index (κ3) is 3.95. The molecule has 0 aromatic heterocycles. The van der Waals surface area contributed by atoms with E-state index in [1.165, 1.54) is 16.0 Å². The number of alkyl halides is 1. The lowest BCUT2D eigenvalue weighted by Gasteiger charge is -2.15. The molecule has 0 saturated heterocycles. The summed E-state index contributed by atoms with van der Waals surface area (Å²) in [6.45, 7) is 0. The summed E-state index contributed by atoms with van der Waals surface area (Å²) in [6.07, 6.45) is 3.01. The molecule has 112 valence electrons. The number of hydrogen-bond acceptors (Lipinski definition) is 3. The van der Waals surface area contributed by atoms with Gasteiger partial charge in [-0.25, -0.2) is 0 Å². The van der Waals surface area contributed by atoms with Gasteiger partial charge in [0.1, 0.15) is 0 Å². The third-order valence-corrected chi connectivity index (χ3v) is 4.97. The standard InChI is InChI=1S/C17H19BrO2S/c1-19-15-9-8-12(11-16(15)20-2)10-14(18)13-6-4-5-7-17(13)21-3/h4-9,11,14H,10H2,1-3H3. The molecule has 2 nitrogen and oxygen atoms in total. The van der Waals surface area contributed by atoms with Crippen LogP contribution < -0.4 is 9.47 Å². The zero-order valence-electron chi connectivity index (χ0n) is 12.4. The van der Waals surface area contributed by atoms with E-state index < -0.39 is 0 Å². The Morgan fingerprint density at radius 3 is 2.43 bits per heavy atom. The van der Waals surface area contributed by atoms with Crippen LogP contribution in [0.25, 0.3) is 0 Å². The first-order valence-corrected chi connectivity index (χ1v) is 8.81. The van der Waals surface area contributed by atoms with E-state index in [0.29, 0.717) is 0 Å². The first kappa shape index (κ1) is 16.2. The van der Waals surface area contributed by atoms with Crippen molar-refractivity contribution in [3.05, 3.63) is 53.6 Å². The number of benzene rings is 2. The summed E-state index contributed by atoms with van der Waals surface area (Å²) >= 11 is 5.58. The minimum Gasteiger partial charge on any atom is -0.493 e. The first-order valence-electron chi connectivity index (χ1n) is 6.67. The van der Waals surface area contributed by atoms with Gasteiger partial charge in [-0.2, -0.15) is 0 Å². The highest BCUT2D eigenvalue weighted by atomic mass is 79.9. The molecular weight excluding hydrogens is 348 g/mol. The van der Waals surface area contributed by atoms with Gasteiger partial charge in [0.15, 0.2) is 11.5 Å². The molecule has 0 saturated carbocycles. The molecule has 0 bridgehead atoms. The SMILES string of the molecule is COc1ccc(CC(Br)c2ccccc2SC)cc1OC. The molecular formula is C17H19BrO2S. The minimum absolute atomic E-state index is 0.277. The molecule has 0 radical (unpaired) electrons. The van der Waals surface area contributed by atoms with Gasteiger partial charge >= 0.3 is 0 Å². The van der Waals surface area contributed by atoms with Crippen LogP contribution >= 0.6 is 27.7 Å². The summed E-state index contributed by atoms with van der Waals surface area (Å²) in [5.74, 6) is 1.53. The van der Waals surface area contributed by atoms with E-state index in [1.54, 1.807) is 26.0 Å². The van der Waals surface area contributed by atoms with Crippen LogP contribution in [0.5, 0.6) is 11.5 Å². The van der Waals surface area contributed by atoms with Gasteiger partial charge in [0, 0.05) is 9.72 Å². The Kier molecular flexibility index (Phi) is 6.00. The van der Waals surface area contributed by atoms with Crippen molar-refractivity contribution in [1.82, 2.24) is 0 Å². The quantitative estimate of drug-likeness (QED) is 0.523. The highest BCUT2D eigenvalue weighted by Crippen LogP contribution is 2.35. The number of halogens is 1. The fourth-order valence-electron chi connectivity index (χ4n) is 2.25. The van der Waals surface area contributed by atoms with Crippen molar-refractivity contribution >= 4 is 27.7 Å². The van der Waals surface area contributed by atoms with Crippen LogP contribution in [0.15, 0.2) is 47.4 Å². The van der Waals surface area contributed by atoms with Gasteiger partial charge in [-0.3, -0.25) is 0 Å². The number of ether oxygens (including phenoxy) is 2. The monoisotopic (exact) mass is 366 g/mol. The second-order valence-corrected chi connectivity index (χ2v) is 6.56. The molecule has 2 aromatic carbocycles. The second-order valence-electron chi connectivity index (χ2n) is 4.60. The van der Waals surface area contributed by atoms with Crippen molar-refractivity contribution in [3.63, 3.8) is 0 Å². The van der Waals surface area contributed by atoms with Crippen molar-refractivity contribution in [2.45, 2.75) is 16.1 Å². The normalized spacial score (nSPS) is 12.0. The lowest BCUT2D eigenvalue weighted by Crippen LogP contribution is -1.98. The number of methoxy groups -OCH3 is 2. The summed E-state index contributed by atoms with van der Waals surface area (Å²) in [7, 11) is 3.32. The average Bonchev–Trinajstić information content (AvgIpc) is 2.54. The summed E-state index contributed by atoms with van der Waals surface area (Å²) in [5.41, 5.74) is 2.53. The molecule has 0 heterocycles. The van der Waals surface area contributed by atoms with Gasteiger partial charge < -0.3 is 9.47 Å². The van der Waals surface area contributed by atoms with Crippen LogP contribution in [0, 0.1) is 0 Å². The fourth-order valence-corrected chi connectivity index (χ4v) is 3.83. The lowest BCUT2D eigenvalue weighted by molar-refractivity contribution is 0.354. The molecule has 0 N–H and O–H groups in total. The molecule has 0 aliphatic carbocycles. The number of hydrogen-bond donors (Lipinski definition) is 0. The largest absolute Gasteiger partial charge is 0.493 e. The Balaban J connectivity index is 2.21. The van der Waals surface area contributed by atoms with Crippen molar-refractivity contribution in [2.24, 2.45) is 0 Å². The van der Waals surface area contributed by atoms with Crippen molar-refractivity contribution in [2.75, 3.05) is 20.5 Å². The molecule has 0 aliphatic rings. The summed E-state index contributed by atoms with van der Waals surface area (Å²) in [5, 5.41) is 0. The maximum absolute atomic E-state index is 5.36. The Labute approximate surface area is 139 Å². The fraction of sp³-hybridized carbons (Fsp3) is 0.294. The Morgan fingerprint density at radius 1 is 1.05 bits per heavy atom. The molecule has 0 fully saturated rings. The van der Waals surface area contributed by atoms with Crippen LogP contribution in [-0.4, -0.2) is 20.5 Å². The van der Waals surface area contributed by atoms with E-state index in [1.807, 2.05) is 12.1 Å². The van der Waals surface area contributed by atoms with Gasteiger partial charge in [-0.05, 0) is 42.0 Å². The second kappa shape index (κ2) is 7.76. The molecule has 4 heteroatoms. The zero-order valence-corrected chi connectivity index (χ0v) is 14.8. The Bertz CT molecular complexity index is 601. The molecule has 0 amide bonds. The third-order valence-electron chi connectivity index (χ3n) is 3.34. The van der Waals surface area contributed by atoms with E-state index >= 15 is 0 Å². The van der Waals surface area contributed by atoms with Crippen LogP contribution in [0.1, 0.15) is 16.0 Å². The molecule has 1 atom stereocenters. The predicted octanol–water partition coefficient (Wildman–Crippen LogP) is 5.10. The van der Waals surface area contributed by atoms with Crippen molar-refractivity contribution < 1.29 is 9.47 Å². The van der Waals surface area contributed by atoms with E-state index in [2.05, 4.69) is 52.5 Å². The molecule has 2 rings (SSSR count). The van der Waals surface area contributed by atoms with E-state index in [-0.39, 0.29) is 4.83 Å².